The third-order valence-electron chi connectivity index (χ3n) is 4.31. The van der Waals surface area contributed by atoms with Gasteiger partial charge in [-0.05, 0) is 31.2 Å². The minimum absolute atomic E-state index is 0.401. The van der Waals surface area contributed by atoms with Gasteiger partial charge in [-0.15, -0.1) is 11.3 Å². The molecule has 1 aliphatic rings. The lowest BCUT2D eigenvalue weighted by Crippen LogP contribution is -2.36. The Kier molecular flexibility index (Phi) is 6.20. The highest BCUT2D eigenvalue weighted by molar-refractivity contribution is 7.09. The minimum atomic E-state index is 0.401. The van der Waals surface area contributed by atoms with E-state index in [9.17, 15) is 0 Å². The van der Waals surface area contributed by atoms with Crippen molar-refractivity contribution in [3.8, 4) is 0 Å². The molecule has 1 aromatic carbocycles. The van der Waals surface area contributed by atoms with E-state index in [0.717, 1.165) is 45.5 Å². The Morgan fingerprint density at radius 2 is 2.00 bits per heavy atom. The molecule has 0 N–H and O–H groups in total. The van der Waals surface area contributed by atoms with E-state index in [1.54, 1.807) is 11.3 Å². The van der Waals surface area contributed by atoms with E-state index in [0.29, 0.717) is 6.10 Å². The van der Waals surface area contributed by atoms with E-state index >= 15 is 0 Å². The number of ether oxygens (including phenoxy) is 1. The summed E-state index contributed by atoms with van der Waals surface area (Å²) in [5.74, 6) is 0. The van der Waals surface area contributed by atoms with Crippen LogP contribution in [0.5, 0.6) is 0 Å². The average Bonchev–Trinajstić information content (AvgIpc) is 3.03. The summed E-state index contributed by atoms with van der Waals surface area (Å²) in [5, 5.41) is 3.51. The van der Waals surface area contributed by atoms with Gasteiger partial charge >= 0.3 is 0 Å². The van der Waals surface area contributed by atoms with Crippen LogP contribution < -0.4 is 0 Å². The summed E-state index contributed by atoms with van der Waals surface area (Å²) in [4.78, 5) is 7.24. The number of thiazole rings is 1. The second kappa shape index (κ2) is 8.57. The molecular formula is C19H26N2OS. The zero-order valence-electron chi connectivity index (χ0n) is 13.9. The molecule has 0 saturated carbocycles. The molecule has 0 atom stereocenters. The summed E-state index contributed by atoms with van der Waals surface area (Å²) >= 11 is 1.81. The summed E-state index contributed by atoms with van der Waals surface area (Å²) in [7, 11) is 0. The van der Waals surface area contributed by atoms with Crippen molar-refractivity contribution in [2.24, 2.45) is 0 Å². The Balaban J connectivity index is 1.39. The Labute approximate surface area is 143 Å². The van der Waals surface area contributed by atoms with Crippen molar-refractivity contribution >= 4 is 11.3 Å². The van der Waals surface area contributed by atoms with Crippen molar-refractivity contribution in [1.29, 1.82) is 0 Å². The molecule has 1 aliphatic heterocycles. The molecular weight excluding hydrogens is 304 g/mol. The highest BCUT2D eigenvalue weighted by atomic mass is 32.1. The summed E-state index contributed by atoms with van der Waals surface area (Å²) < 4.78 is 6.06. The first kappa shape index (κ1) is 16.6. The highest BCUT2D eigenvalue weighted by Gasteiger charge is 2.20. The number of aryl methyl sites for hydroxylation is 1. The van der Waals surface area contributed by atoms with Crippen LogP contribution in [0.3, 0.4) is 0 Å². The molecule has 2 heterocycles. The fraction of sp³-hybridized carbons (Fsp3) is 0.526. The number of rotatable bonds is 7. The lowest BCUT2D eigenvalue weighted by molar-refractivity contribution is -0.00412. The van der Waals surface area contributed by atoms with Crippen molar-refractivity contribution in [3.63, 3.8) is 0 Å². The predicted molar refractivity (Wildman–Crippen MR) is 95.6 cm³/mol. The van der Waals surface area contributed by atoms with Crippen LogP contribution in [0.2, 0.25) is 0 Å². The first-order valence-corrected chi connectivity index (χ1v) is 9.52. The predicted octanol–water partition coefficient (Wildman–Crippen LogP) is 4.28. The Hall–Kier alpha value is -1.23. The van der Waals surface area contributed by atoms with Crippen molar-refractivity contribution in [1.82, 2.24) is 9.88 Å². The molecule has 0 unspecified atom stereocenters. The number of nitrogens with zero attached hydrogens (tertiary/aromatic N) is 2. The van der Waals surface area contributed by atoms with E-state index in [4.69, 9.17) is 9.72 Å². The summed E-state index contributed by atoms with van der Waals surface area (Å²) in [6.45, 7) is 6.16. The molecule has 1 fully saturated rings. The van der Waals surface area contributed by atoms with E-state index in [2.05, 4.69) is 41.5 Å². The lowest BCUT2D eigenvalue weighted by atomic mass is 10.1. The van der Waals surface area contributed by atoms with Gasteiger partial charge in [0, 0.05) is 25.0 Å². The van der Waals surface area contributed by atoms with Crippen LogP contribution >= 0.6 is 11.3 Å². The van der Waals surface area contributed by atoms with Gasteiger partial charge in [-0.2, -0.15) is 0 Å². The molecule has 2 aromatic rings. The summed E-state index contributed by atoms with van der Waals surface area (Å²) in [5.41, 5.74) is 2.50. The lowest BCUT2D eigenvalue weighted by Gasteiger charge is -2.31. The van der Waals surface area contributed by atoms with Crippen LogP contribution in [0.4, 0.5) is 0 Å². The monoisotopic (exact) mass is 330 g/mol. The molecule has 4 heteroatoms. The molecule has 0 amide bonds. The van der Waals surface area contributed by atoms with E-state index in [-0.39, 0.29) is 0 Å². The Morgan fingerprint density at radius 1 is 1.22 bits per heavy atom. The SMILES string of the molecule is CCCc1nc(CN2CCC(OCc3ccccc3)CC2)cs1. The van der Waals surface area contributed by atoms with Gasteiger partial charge in [0.25, 0.3) is 0 Å². The molecule has 3 rings (SSSR count). The van der Waals surface area contributed by atoms with Crippen LogP contribution in [0.15, 0.2) is 35.7 Å². The Bertz CT molecular complexity index is 576. The van der Waals surface area contributed by atoms with E-state index in [1.165, 1.54) is 22.7 Å². The molecule has 1 aromatic heterocycles. The number of hydrogen-bond donors (Lipinski definition) is 0. The standard InChI is InChI=1S/C19H26N2OS/c1-2-6-19-20-17(15-23-19)13-21-11-9-18(10-12-21)22-14-16-7-4-3-5-8-16/h3-5,7-8,15,18H,2,6,9-14H2,1H3. The van der Waals surface area contributed by atoms with Crippen LogP contribution in [0.1, 0.15) is 42.5 Å². The number of likely N-dealkylation sites (tertiary alicyclic amines) is 1. The normalized spacial score (nSPS) is 16.7. The first-order chi connectivity index (χ1) is 11.3. The second-order valence-corrected chi connectivity index (χ2v) is 7.20. The fourth-order valence-corrected chi connectivity index (χ4v) is 3.89. The minimum Gasteiger partial charge on any atom is -0.373 e. The maximum atomic E-state index is 6.06. The van der Waals surface area contributed by atoms with Crippen LogP contribution in [0, 0.1) is 0 Å². The van der Waals surface area contributed by atoms with Gasteiger partial charge in [0.15, 0.2) is 0 Å². The van der Waals surface area contributed by atoms with Crippen molar-refractivity contribution in [3.05, 3.63) is 52.0 Å². The smallest absolute Gasteiger partial charge is 0.0928 e. The van der Waals surface area contributed by atoms with Gasteiger partial charge < -0.3 is 4.74 Å². The van der Waals surface area contributed by atoms with Crippen molar-refractivity contribution < 1.29 is 4.74 Å². The van der Waals surface area contributed by atoms with Gasteiger partial charge in [0.1, 0.15) is 0 Å². The third kappa shape index (κ3) is 5.13. The number of piperidine rings is 1. The highest BCUT2D eigenvalue weighted by Crippen LogP contribution is 2.19. The summed E-state index contributed by atoms with van der Waals surface area (Å²) in [6, 6.07) is 10.5. The molecule has 3 nitrogen and oxygen atoms in total. The number of aromatic nitrogens is 1. The van der Waals surface area contributed by atoms with Gasteiger partial charge in [0.2, 0.25) is 0 Å². The second-order valence-electron chi connectivity index (χ2n) is 6.25. The fourth-order valence-electron chi connectivity index (χ4n) is 3.00. The summed E-state index contributed by atoms with van der Waals surface area (Å²) in [6.07, 6.45) is 4.94. The van der Waals surface area contributed by atoms with Gasteiger partial charge in [0.05, 0.1) is 23.4 Å². The zero-order valence-corrected chi connectivity index (χ0v) is 14.7. The molecule has 1 saturated heterocycles. The van der Waals surface area contributed by atoms with E-state index < -0.39 is 0 Å². The van der Waals surface area contributed by atoms with Gasteiger partial charge in [-0.25, -0.2) is 4.98 Å². The van der Waals surface area contributed by atoms with Crippen LogP contribution in [0.25, 0.3) is 0 Å². The number of benzene rings is 1. The van der Waals surface area contributed by atoms with Gasteiger partial charge in [-0.3, -0.25) is 4.90 Å². The molecule has 124 valence electrons. The topological polar surface area (TPSA) is 25.4 Å². The molecule has 0 aliphatic carbocycles. The largest absolute Gasteiger partial charge is 0.373 e. The van der Waals surface area contributed by atoms with Crippen molar-refractivity contribution in [2.45, 2.75) is 51.9 Å². The number of hydrogen-bond acceptors (Lipinski definition) is 4. The average molecular weight is 330 g/mol. The maximum Gasteiger partial charge on any atom is 0.0928 e. The maximum absolute atomic E-state index is 6.06. The zero-order chi connectivity index (χ0) is 15.9. The van der Waals surface area contributed by atoms with Crippen LogP contribution in [-0.2, 0) is 24.3 Å². The quantitative estimate of drug-likeness (QED) is 0.758. The molecule has 0 bridgehead atoms. The molecule has 0 spiro atoms. The molecule has 0 radical (unpaired) electrons. The first-order valence-electron chi connectivity index (χ1n) is 8.64. The van der Waals surface area contributed by atoms with Gasteiger partial charge in [-0.1, -0.05) is 37.3 Å². The third-order valence-corrected chi connectivity index (χ3v) is 5.27. The van der Waals surface area contributed by atoms with Crippen LogP contribution in [-0.4, -0.2) is 29.1 Å². The Morgan fingerprint density at radius 3 is 2.74 bits per heavy atom. The van der Waals surface area contributed by atoms with Crippen molar-refractivity contribution in [2.75, 3.05) is 13.1 Å². The van der Waals surface area contributed by atoms with E-state index in [1.807, 2.05) is 6.07 Å². The molecule has 23 heavy (non-hydrogen) atoms.